The lowest BCUT2D eigenvalue weighted by atomic mass is 10.0. The molecule has 0 saturated carbocycles. The monoisotopic (exact) mass is 443 g/mol. The number of anilines is 1. The van der Waals surface area contributed by atoms with Crippen LogP contribution in [0.5, 0.6) is 0 Å². The van der Waals surface area contributed by atoms with Gasteiger partial charge in [-0.25, -0.2) is 4.98 Å². The van der Waals surface area contributed by atoms with Gasteiger partial charge < -0.3 is 25.4 Å². The average Bonchev–Trinajstić information content (AvgIpc) is 3.45. The molecule has 0 spiro atoms. The maximum Gasteiger partial charge on any atom is 0.271 e. The highest BCUT2D eigenvalue weighted by Gasteiger charge is 2.27. The number of carbonyl (C=O) groups is 1. The van der Waals surface area contributed by atoms with E-state index in [0.29, 0.717) is 11.7 Å². The fourth-order valence-electron chi connectivity index (χ4n) is 4.70. The van der Waals surface area contributed by atoms with Crippen molar-refractivity contribution in [1.29, 1.82) is 0 Å². The first-order valence-corrected chi connectivity index (χ1v) is 11.4. The molecule has 0 atom stereocenters. The Bertz CT molecular complexity index is 1320. The number of H-pyrrole nitrogens is 1. The van der Waals surface area contributed by atoms with Gasteiger partial charge in [0.1, 0.15) is 0 Å². The molecule has 0 radical (unpaired) electrons. The Morgan fingerprint density at radius 3 is 2.67 bits per heavy atom. The Labute approximate surface area is 193 Å². The molecule has 1 aliphatic heterocycles. The number of oxazole rings is 1. The number of benzene rings is 2. The van der Waals surface area contributed by atoms with Gasteiger partial charge in [-0.3, -0.25) is 4.79 Å². The van der Waals surface area contributed by atoms with E-state index in [0.717, 1.165) is 59.3 Å². The van der Waals surface area contributed by atoms with Gasteiger partial charge in [-0.2, -0.15) is 0 Å². The summed E-state index contributed by atoms with van der Waals surface area (Å²) in [5.41, 5.74) is 10.8. The number of nitrogens with two attached hydrogens (primary N) is 1. The van der Waals surface area contributed by atoms with E-state index < -0.39 is 5.91 Å². The van der Waals surface area contributed by atoms with Crippen LogP contribution >= 0.6 is 0 Å². The van der Waals surface area contributed by atoms with Crippen LogP contribution in [0.4, 0.5) is 5.69 Å². The number of aryl methyl sites for hydroxylation is 1. The highest BCUT2D eigenvalue weighted by Crippen LogP contribution is 2.36. The number of nitrogens with zero attached hydrogens (tertiary/aromatic N) is 2. The fourth-order valence-corrected chi connectivity index (χ4v) is 4.70. The van der Waals surface area contributed by atoms with Crippen molar-refractivity contribution in [1.82, 2.24) is 15.3 Å². The van der Waals surface area contributed by atoms with Crippen LogP contribution < -0.4 is 16.0 Å². The molecule has 2 aromatic carbocycles. The SMILES string of the molecule is CCc1ccc2[nH]ccc2c1-c1nc(C(N)=O)c(-c2ccc(N3CCNC(C)(C)C3)cc2)o1. The van der Waals surface area contributed by atoms with Gasteiger partial charge in [-0.05, 0) is 62.2 Å². The summed E-state index contributed by atoms with van der Waals surface area (Å²) >= 11 is 0. The molecule has 7 nitrogen and oxygen atoms in total. The van der Waals surface area contributed by atoms with Gasteiger partial charge in [0, 0.05) is 59.1 Å². The third-order valence-corrected chi connectivity index (χ3v) is 6.34. The largest absolute Gasteiger partial charge is 0.435 e. The Morgan fingerprint density at radius 2 is 1.97 bits per heavy atom. The summed E-state index contributed by atoms with van der Waals surface area (Å²) in [7, 11) is 0. The Balaban J connectivity index is 1.55. The summed E-state index contributed by atoms with van der Waals surface area (Å²) in [4.78, 5) is 22.4. The van der Waals surface area contributed by atoms with Gasteiger partial charge in [0.25, 0.3) is 5.91 Å². The molecule has 1 amide bonds. The van der Waals surface area contributed by atoms with Gasteiger partial charge >= 0.3 is 0 Å². The highest BCUT2D eigenvalue weighted by molar-refractivity contribution is 5.99. The predicted octanol–water partition coefficient (Wildman–Crippen LogP) is 4.34. The lowest BCUT2D eigenvalue weighted by Crippen LogP contribution is -2.57. The van der Waals surface area contributed by atoms with Crippen molar-refractivity contribution in [3.63, 3.8) is 0 Å². The second-order valence-electron chi connectivity index (χ2n) is 9.23. The van der Waals surface area contributed by atoms with Crippen molar-refractivity contribution >= 4 is 22.5 Å². The summed E-state index contributed by atoms with van der Waals surface area (Å²) in [6.07, 6.45) is 2.71. The van der Waals surface area contributed by atoms with Crippen LogP contribution in [0.3, 0.4) is 0 Å². The number of carbonyl (C=O) groups excluding carboxylic acids is 1. The molecule has 0 aliphatic carbocycles. The van der Waals surface area contributed by atoms with E-state index in [-0.39, 0.29) is 11.2 Å². The fraction of sp³-hybridized carbons (Fsp3) is 0.308. The van der Waals surface area contributed by atoms with Crippen molar-refractivity contribution in [3.8, 4) is 22.8 Å². The van der Waals surface area contributed by atoms with E-state index >= 15 is 0 Å². The lowest BCUT2D eigenvalue weighted by molar-refractivity contribution is 0.0996. The zero-order valence-corrected chi connectivity index (χ0v) is 19.2. The first-order chi connectivity index (χ1) is 15.9. The summed E-state index contributed by atoms with van der Waals surface area (Å²) in [5, 5.41) is 4.54. The molecule has 0 bridgehead atoms. The van der Waals surface area contributed by atoms with Crippen LogP contribution in [-0.2, 0) is 6.42 Å². The number of aromatic amines is 1. The highest BCUT2D eigenvalue weighted by atomic mass is 16.4. The van der Waals surface area contributed by atoms with E-state index in [1.54, 1.807) is 0 Å². The second kappa shape index (κ2) is 8.08. The second-order valence-corrected chi connectivity index (χ2v) is 9.23. The quantitative estimate of drug-likeness (QED) is 0.426. The van der Waals surface area contributed by atoms with E-state index in [4.69, 9.17) is 10.2 Å². The van der Waals surface area contributed by atoms with Crippen molar-refractivity contribution < 1.29 is 9.21 Å². The maximum absolute atomic E-state index is 12.3. The van der Waals surface area contributed by atoms with Crippen LogP contribution in [0.15, 0.2) is 53.1 Å². The third-order valence-electron chi connectivity index (χ3n) is 6.34. The summed E-state index contributed by atoms with van der Waals surface area (Å²) in [6, 6.07) is 14.2. The molecule has 0 unspecified atom stereocenters. The normalized spacial score (nSPS) is 15.8. The molecule has 1 aliphatic rings. The van der Waals surface area contributed by atoms with Crippen molar-refractivity contribution in [2.24, 2.45) is 5.73 Å². The first-order valence-electron chi connectivity index (χ1n) is 11.4. The Morgan fingerprint density at radius 1 is 1.18 bits per heavy atom. The molecule has 4 N–H and O–H groups in total. The molecule has 2 aromatic heterocycles. The maximum atomic E-state index is 12.3. The van der Waals surface area contributed by atoms with Crippen LogP contribution in [0.2, 0.25) is 0 Å². The lowest BCUT2D eigenvalue weighted by Gasteiger charge is -2.40. The van der Waals surface area contributed by atoms with Gasteiger partial charge in [-0.1, -0.05) is 13.0 Å². The van der Waals surface area contributed by atoms with Gasteiger partial charge in [0.2, 0.25) is 5.89 Å². The van der Waals surface area contributed by atoms with Crippen molar-refractivity contribution in [2.45, 2.75) is 32.7 Å². The number of hydrogen-bond acceptors (Lipinski definition) is 5. The average molecular weight is 444 g/mol. The minimum absolute atomic E-state index is 0.0616. The van der Waals surface area contributed by atoms with Gasteiger partial charge in [0.15, 0.2) is 11.5 Å². The number of aromatic nitrogens is 2. The van der Waals surface area contributed by atoms with E-state index in [9.17, 15) is 4.79 Å². The smallest absolute Gasteiger partial charge is 0.271 e. The number of rotatable bonds is 5. The molecular weight excluding hydrogens is 414 g/mol. The molecule has 5 rings (SSSR count). The molecule has 3 heterocycles. The number of fused-ring (bicyclic) bond motifs is 1. The van der Waals surface area contributed by atoms with Crippen LogP contribution in [-0.4, -0.2) is 41.0 Å². The molecule has 1 fully saturated rings. The molecule has 1 saturated heterocycles. The van der Waals surface area contributed by atoms with Crippen LogP contribution in [0, 0.1) is 0 Å². The summed E-state index contributed by atoms with van der Waals surface area (Å²) < 4.78 is 6.24. The van der Waals surface area contributed by atoms with Gasteiger partial charge in [-0.15, -0.1) is 0 Å². The zero-order chi connectivity index (χ0) is 23.2. The number of piperazine rings is 1. The Kier molecular flexibility index (Phi) is 5.21. The number of nitrogens with one attached hydrogen (secondary N) is 2. The summed E-state index contributed by atoms with van der Waals surface area (Å²) in [6.45, 7) is 9.31. The standard InChI is InChI=1S/C26H29N5O2/c1-4-16-7-10-20-19(11-12-28-20)21(16)25-30-22(24(27)32)23(33-25)17-5-8-18(9-6-17)31-14-13-29-26(2,3)15-31/h5-12,28-29H,4,13-15H2,1-3H3,(H2,27,32). The number of hydrogen-bond donors (Lipinski definition) is 3. The van der Waals surface area contributed by atoms with Crippen LogP contribution in [0.25, 0.3) is 33.7 Å². The molecule has 33 heavy (non-hydrogen) atoms. The topological polar surface area (TPSA) is 100 Å². The number of primary amides is 1. The molecule has 7 heteroatoms. The Hall–Kier alpha value is -3.58. The van der Waals surface area contributed by atoms with E-state index in [1.807, 2.05) is 30.5 Å². The number of amides is 1. The minimum Gasteiger partial charge on any atom is -0.435 e. The van der Waals surface area contributed by atoms with E-state index in [1.165, 1.54) is 0 Å². The first kappa shape index (κ1) is 21.3. The van der Waals surface area contributed by atoms with Crippen molar-refractivity contribution in [3.05, 3.63) is 59.9 Å². The predicted molar refractivity (Wildman–Crippen MR) is 131 cm³/mol. The van der Waals surface area contributed by atoms with Gasteiger partial charge in [0.05, 0.1) is 0 Å². The van der Waals surface area contributed by atoms with E-state index in [2.05, 4.69) is 59.2 Å². The third kappa shape index (κ3) is 3.89. The summed E-state index contributed by atoms with van der Waals surface area (Å²) in [5.74, 6) is 0.209. The van der Waals surface area contributed by atoms with Crippen LogP contribution in [0.1, 0.15) is 36.8 Å². The molecular formula is C26H29N5O2. The molecule has 4 aromatic rings. The zero-order valence-electron chi connectivity index (χ0n) is 19.2. The molecule has 170 valence electrons. The van der Waals surface area contributed by atoms with Crippen molar-refractivity contribution in [2.75, 3.05) is 24.5 Å². The minimum atomic E-state index is -0.604.